The molecule has 1 N–H and O–H groups in total. The van der Waals surface area contributed by atoms with E-state index in [4.69, 9.17) is 0 Å². The second kappa shape index (κ2) is 7.08. The van der Waals surface area contributed by atoms with Gasteiger partial charge in [-0.2, -0.15) is 0 Å². The summed E-state index contributed by atoms with van der Waals surface area (Å²) in [7, 11) is 0. The van der Waals surface area contributed by atoms with Gasteiger partial charge < -0.3 is 5.32 Å². The molecule has 2 aliphatic rings. The lowest BCUT2D eigenvalue weighted by atomic mass is 9.83. The zero-order valence-electron chi connectivity index (χ0n) is 13.4. The standard InChI is InChI=1S/C17H34N2/c1-4-11-17(3,13-18-15-9-10-15)14-19-12-7-6-8-16(19)5-2/h15-16,18H,4-14H2,1-3H3. The minimum Gasteiger partial charge on any atom is -0.313 e. The molecule has 0 aromatic rings. The molecule has 2 rings (SSSR count). The van der Waals surface area contributed by atoms with Crippen molar-refractivity contribution >= 4 is 0 Å². The van der Waals surface area contributed by atoms with Crippen LogP contribution >= 0.6 is 0 Å². The molecule has 0 aromatic carbocycles. The van der Waals surface area contributed by atoms with E-state index in [-0.39, 0.29) is 0 Å². The summed E-state index contributed by atoms with van der Waals surface area (Å²) < 4.78 is 0. The van der Waals surface area contributed by atoms with Crippen LogP contribution in [-0.4, -0.2) is 36.6 Å². The fourth-order valence-corrected chi connectivity index (χ4v) is 3.73. The maximum absolute atomic E-state index is 3.78. The SMILES string of the molecule is CCCC(C)(CNC1CC1)CN1CCCCC1CC. The second-order valence-corrected chi connectivity index (χ2v) is 7.24. The molecule has 0 amide bonds. The summed E-state index contributed by atoms with van der Waals surface area (Å²) >= 11 is 0. The van der Waals surface area contributed by atoms with Crippen LogP contribution in [0.5, 0.6) is 0 Å². The average molecular weight is 266 g/mol. The first kappa shape index (κ1) is 15.3. The monoisotopic (exact) mass is 266 g/mol. The van der Waals surface area contributed by atoms with Crippen LogP contribution in [0.2, 0.25) is 0 Å². The normalized spacial score (nSPS) is 28.3. The number of nitrogens with zero attached hydrogens (tertiary/aromatic N) is 1. The molecular weight excluding hydrogens is 232 g/mol. The van der Waals surface area contributed by atoms with Gasteiger partial charge in [-0.25, -0.2) is 0 Å². The number of hydrogen-bond donors (Lipinski definition) is 1. The summed E-state index contributed by atoms with van der Waals surface area (Å²) in [6, 6.07) is 1.70. The maximum Gasteiger partial charge on any atom is 0.00928 e. The molecular formula is C17H34N2. The lowest BCUT2D eigenvalue weighted by Gasteiger charge is -2.42. The highest BCUT2D eigenvalue weighted by Crippen LogP contribution is 2.30. The fraction of sp³-hybridized carbons (Fsp3) is 1.00. The zero-order valence-corrected chi connectivity index (χ0v) is 13.4. The lowest BCUT2D eigenvalue weighted by Crippen LogP contribution is -2.48. The molecule has 1 saturated carbocycles. The molecule has 2 heteroatoms. The minimum absolute atomic E-state index is 0.474. The van der Waals surface area contributed by atoms with Gasteiger partial charge in [0, 0.05) is 25.2 Å². The third-order valence-corrected chi connectivity index (χ3v) is 5.05. The van der Waals surface area contributed by atoms with Gasteiger partial charge in [-0.3, -0.25) is 4.90 Å². The number of rotatable bonds is 8. The first-order chi connectivity index (χ1) is 9.17. The highest BCUT2D eigenvalue weighted by molar-refractivity contribution is 4.89. The molecule has 0 spiro atoms. The summed E-state index contributed by atoms with van der Waals surface area (Å²) in [5.74, 6) is 0. The van der Waals surface area contributed by atoms with E-state index in [0.29, 0.717) is 5.41 Å². The Morgan fingerprint density at radius 2 is 1.95 bits per heavy atom. The van der Waals surface area contributed by atoms with Crippen molar-refractivity contribution in [3.05, 3.63) is 0 Å². The molecule has 19 heavy (non-hydrogen) atoms. The Morgan fingerprint density at radius 3 is 2.58 bits per heavy atom. The molecule has 1 saturated heterocycles. The molecule has 1 aliphatic carbocycles. The highest BCUT2D eigenvalue weighted by atomic mass is 15.2. The molecule has 0 bridgehead atoms. The Labute approximate surface area is 120 Å². The number of likely N-dealkylation sites (tertiary alicyclic amines) is 1. The van der Waals surface area contributed by atoms with Gasteiger partial charge in [0.25, 0.3) is 0 Å². The van der Waals surface area contributed by atoms with Crippen molar-refractivity contribution in [2.75, 3.05) is 19.6 Å². The summed E-state index contributed by atoms with van der Waals surface area (Å²) in [5, 5.41) is 3.78. The van der Waals surface area contributed by atoms with Gasteiger partial charge in [-0.1, -0.05) is 33.6 Å². The van der Waals surface area contributed by atoms with E-state index >= 15 is 0 Å². The molecule has 1 heterocycles. The molecule has 2 nitrogen and oxygen atoms in total. The van der Waals surface area contributed by atoms with E-state index in [1.165, 1.54) is 71.0 Å². The first-order valence-corrected chi connectivity index (χ1v) is 8.64. The summed E-state index contributed by atoms with van der Waals surface area (Å²) in [5.41, 5.74) is 0.474. The predicted molar refractivity (Wildman–Crippen MR) is 83.5 cm³/mol. The Morgan fingerprint density at radius 1 is 1.16 bits per heavy atom. The smallest absolute Gasteiger partial charge is 0.00928 e. The van der Waals surface area contributed by atoms with Gasteiger partial charge in [0.15, 0.2) is 0 Å². The van der Waals surface area contributed by atoms with Crippen LogP contribution < -0.4 is 5.32 Å². The lowest BCUT2D eigenvalue weighted by molar-refractivity contribution is 0.0796. The second-order valence-electron chi connectivity index (χ2n) is 7.24. The van der Waals surface area contributed by atoms with E-state index in [0.717, 1.165) is 12.1 Å². The van der Waals surface area contributed by atoms with Crippen molar-refractivity contribution < 1.29 is 0 Å². The van der Waals surface area contributed by atoms with Crippen LogP contribution in [0, 0.1) is 5.41 Å². The third kappa shape index (κ3) is 4.75. The van der Waals surface area contributed by atoms with E-state index in [9.17, 15) is 0 Å². The van der Waals surface area contributed by atoms with Crippen molar-refractivity contribution in [3.63, 3.8) is 0 Å². The van der Waals surface area contributed by atoms with Crippen LogP contribution in [-0.2, 0) is 0 Å². The van der Waals surface area contributed by atoms with Gasteiger partial charge in [0.05, 0.1) is 0 Å². The largest absolute Gasteiger partial charge is 0.313 e. The van der Waals surface area contributed by atoms with E-state index in [2.05, 4.69) is 31.0 Å². The molecule has 2 atom stereocenters. The van der Waals surface area contributed by atoms with Crippen molar-refractivity contribution in [2.24, 2.45) is 5.41 Å². The quantitative estimate of drug-likeness (QED) is 0.718. The van der Waals surface area contributed by atoms with Crippen LogP contribution in [0.4, 0.5) is 0 Å². The van der Waals surface area contributed by atoms with Crippen LogP contribution in [0.3, 0.4) is 0 Å². The fourth-order valence-electron chi connectivity index (χ4n) is 3.73. The maximum atomic E-state index is 3.78. The Kier molecular flexibility index (Phi) is 5.70. The van der Waals surface area contributed by atoms with Gasteiger partial charge in [-0.15, -0.1) is 0 Å². The number of nitrogens with one attached hydrogen (secondary N) is 1. The summed E-state index contributed by atoms with van der Waals surface area (Å²) in [4.78, 5) is 2.80. The van der Waals surface area contributed by atoms with Gasteiger partial charge >= 0.3 is 0 Å². The molecule has 1 aliphatic heterocycles. The Balaban J connectivity index is 1.88. The molecule has 0 aromatic heterocycles. The molecule has 2 unspecified atom stereocenters. The Hall–Kier alpha value is -0.0800. The third-order valence-electron chi connectivity index (χ3n) is 5.05. The van der Waals surface area contributed by atoms with Gasteiger partial charge in [-0.05, 0) is 50.5 Å². The first-order valence-electron chi connectivity index (χ1n) is 8.64. The minimum atomic E-state index is 0.474. The van der Waals surface area contributed by atoms with Crippen LogP contribution in [0.15, 0.2) is 0 Å². The van der Waals surface area contributed by atoms with Gasteiger partial charge in [0.2, 0.25) is 0 Å². The van der Waals surface area contributed by atoms with Crippen molar-refractivity contribution in [3.8, 4) is 0 Å². The summed E-state index contributed by atoms with van der Waals surface area (Å²) in [6.07, 6.45) is 11.1. The van der Waals surface area contributed by atoms with Crippen LogP contribution in [0.25, 0.3) is 0 Å². The van der Waals surface area contributed by atoms with E-state index < -0.39 is 0 Å². The molecule has 0 radical (unpaired) electrons. The molecule has 2 fully saturated rings. The van der Waals surface area contributed by atoms with Crippen molar-refractivity contribution in [1.82, 2.24) is 10.2 Å². The van der Waals surface area contributed by atoms with Crippen molar-refractivity contribution in [1.29, 1.82) is 0 Å². The van der Waals surface area contributed by atoms with E-state index in [1.807, 2.05) is 0 Å². The topological polar surface area (TPSA) is 15.3 Å². The Bertz CT molecular complexity index is 262. The zero-order chi connectivity index (χ0) is 13.7. The predicted octanol–water partition coefficient (Wildman–Crippen LogP) is 3.81. The number of hydrogen-bond acceptors (Lipinski definition) is 2. The summed E-state index contributed by atoms with van der Waals surface area (Å²) in [6.45, 7) is 11.1. The van der Waals surface area contributed by atoms with Gasteiger partial charge in [0.1, 0.15) is 0 Å². The van der Waals surface area contributed by atoms with Crippen molar-refractivity contribution in [2.45, 2.75) is 84.2 Å². The molecule has 112 valence electrons. The average Bonchev–Trinajstić information content (AvgIpc) is 3.21. The highest BCUT2D eigenvalue weighted by Gasteiger charge is 2.32. The van der Waals surface area contributed by atoms with Crippen LogP contribution in [0.1, 0.15) is 72.1 Å². The number of piperidine rings is 1. The van der Waals surface area contributed by atoms with E-state index in [1.54, 1.807) is 0 Å².